The zero-order chi connectivity index (χ0) is 21.7. The fraction of sp³-hybridized carbons (Fsp3) is 0.929. The minimum atomic E-state index is -0.128. The predicted molar refractivity (Wildman–Crippen MR) is 125 cm³/mol. The van der Waals surface area contributed by atoms with Gasteiger partial charge in [0.1, 0.15) is 0 Å². The number of fused-ring (bicyclic) bond motifs is 5. The van der Waals surface area contributed by atoms with Crippen LogP contribution in [0.25, 0.3) is 0 Å². The Bertz CT molecular complexity index is 639. The number of allylic oxidation sites excluding steroid dienone is 1. The number of aliphatic hydroxyl groups is 1. The average Bonchev–Trinajstić information content (AvgIpc) is 3.08. The molecule has 0 heterocycles. The Kier molecular flexibility index (Phi) is 6.50. The summed E-state index contributed by atoms with van der Waals surface area (Å²) in [5.41, 5.74) is 2.69. The van der Waals surface area contributed by atoms with E-state index in [-0.39, 0.29) is 6.10 Å². The molecule has 0 amide bonds. The van der Waals surface area contributed by atoms with Crippen LogP contribution in [-0.2, 0) is 4.74 Å². The van der Waals surface area contributed by atoms with Crippen LogP contribution in [0.1, 0.15) is 98.8 Å². The van der Waals surface area contributed by atoms with Crippen LogP contribution in [0.4, 0.5) is 0 Å². The lowest BCUT2D eigenvalue weighted by atomic mass is 9.47. The van der Waals surface area contributed by atoms with Gasteiger partial charge in [0, 0.05) is 7.11 Å². The van der Waals surface area contributed by atoms with Gasteiger partial charge in [0.15, 0.2) is 0 Å². The van der Waals surface area contributed by atoms with Gasteiger partial charge in [-0.05, 0) is 111 Å². The minimum absolute atomic E-state index is 0.128. The molecule has 0 aliphatic heterocycles. The summed E-state index contributed by atoms with van der Waals surface area (Å²) in [5.74, 6) is 4.68. The van der Waals surface area contributed by atoms with Crippen molar-refractivity contribution in [3.63, 3.8) is 0 Å². The zero-order valence-electron chi connectivity index (χ0n) is 20.6. The summed E-state index contributed by atoms with van der Waals surface area (Å²) < 4.78 is 5.74. The maximum absolute atomic E-state index is 10.3. The van der Waals surface area contributed by atoms with Gasteiger partial charge >= 0.3 is 0 Å². The third kappa shape index (κ3) is 3.72. The standard InChI is InChI=1S/C28H48O2/c1-18(2)26(29)12-7-19(3)23-10-11-24-22-9-8-20-17-21(30-6)13-15-27(20,4)25(22)14-16-28(23,24)5/h8,18-19,21-26,29H,7,9-17H2,1-6H3/t19-,21+,22+,23-,24+,25+,26+,27+,28-/m1/s1. The van der Waals surface area contributed by atoms with Crippen molar-refractivity contribution in [1.29, 1.82) is 0 Å². The second-order valence-corrected chi connectivity index (χ2v) is 12.5. The summed E-state index contributed by atoms with van der Waals surface area (Å²) in [6.07, 6.45) is 15.9. The highest BCUT2D eigenvalue weighted by atomic mass is 16.5. The second kappa shape index (κ2) is 8.54. The van der Waals surface area contributed by atoms with Gasteiger partial charge < -0.3 is 9.84 Å². The van der Waals surface area contributed by atoms with Crippen molar-refractivity contribution in [1.82, 2.24) is 0 Å². The quantitative estimate of drug-likeness (QED) is 0.472. The van der Waals surface area contributed by atoms with Crippen molar-refractivity contribution in [3.8, 4) is 0 Å². The molecule has 2 heteroatoms. The molecule has 0 aromatic rings. The Morgan fingerprint density at radius 1 is 1.03 bits per heavy atom. The Hall–Kier alpha value is -0.340. The molecule has 0 spiro atoms. The first kappa shape index (κ1) is 22.8. The van der Waals surface area contributed by atoms with Crippen LogP contribution in [0.15, 0.2) is 11.6 Å². The SMILES string of the molecule is CO[C@H]1CC[C@@]2(C)C(=CC[C@H]3[C@@H]4CC[C@H]([C@H](C)CC[C@H](O)C(C)C)[C@@]4(C)CC[C@@H]32)C1. The number of methoxy groups -OCH3 is 1. The predicted octanol–water partition coefficient (Wildman–Crippen LogP) is 7.01. The molecule has 0 saturated heterocycles. The molecule has 3 saturated carbocycles. The van der Waals surface area contributed by atoms with Gasteiger partial charge in [0.2, 0.25) is 0 Å². The van der Waals surface area contributed by atoms with E-state index >= 15 is 0 Å². The second-order valence-electron chi connectivity index (χ2n) is 12.5. The lowest BCUT2D eigenvalue weighted by Gasteiger charge is -2.58. The molecule has 3 fully saturated rings. The van der Waals surface area contributed by atoms with Crippen LogP contribution >= 0.6 is 0 Å². The molecule has 0 aromatic carbocycles. The molecule has 2 nitrogen and oxygen atoms in total. The highest BCUT2D eigenvalue weighted by Crippen LogP contribution is 2.67. The highest BCUT2D eigenvalue weighted by molar-refractivity contribution is 5.25. The molecule has 0 aromatic heterocycles. The van der Waals surface area contributed by atoms with Gasteiger partial charge in [-0.15, -0.1) is 0 Å². The number of ether oxygens (including phenoxy) is 1. The summed E-state index contributed by atoms with van der Waals surface area (Å²) in [6.45, 7) is 12.0. The highest BCUT2D eigenvalue weighted by Gasteiger charge is 2.59. The van der Waals surface area contributed by atoms with E-state index in [0.717, 1.165) is 36.0 Å². The van der Waals surface area contributed by atoms with Crippen molar-refractivity contribution in [2.45, 2.75) is 111 Å². The van der Waals surface area contributed by atoms with Crippen LogP contribution in [-0.4, -0.2) is 24.4 Å². The average molecular weight is 417 g/mol. The van der Waals surface area contributed by atoms with Crippen LogP contribution in [0.2, 0.25) is 0 Å². The lowest BCUT2D eigenvalue weighted by Crippen LogP contribution is -2.51. The third-order valence-corrected chi connectivity index (χ3v) is 10.8. The lowest BCUT2D eigenvalue weighted by molar-refractivity contribution is -0.0607. The Labute approximate surface area is 186 Å². The van der Waals surface area contributed by atoms with E-state index in [1.165, 1.54) is 57.8 Å². The van der Waals surface area contributed by atoms with E-state index in [1.807, 2.05) is 7.11 Å². The van der Waals surface area contributed by atoms with Crippen molar-refractivity contribution < 1.29 is 9.84 Å². The molecular formula is C28H48O2. The van der Waals surface area contributed by atoms with E-state index in [1.54, 1.807) is 5.57 Å². The van der Waals surface area contributed by atoms with Gasteiger partial charge in [-0.25, -0.2) is 0 Å². The molecule has 0 unspecified atom stereocenters. The molecule has 4 aliphatic carbocycles. The number of hydrogen-bond acceptors (Lipinski definition) is 2. The van der Waals surface area contributed by atoms with Gasteiger partial charge in [0.05, 0.1) is 12.2 Å². The largest absolute Gasteiger partial charge is 0.393 e. The summed E-state index contributed by atoms with van der Waals surface area (Å²) in [6, 6.07) is 0. The maximum atomic E-state index is 10.3. The van der Waals surface area contributed by atoms with Crippen LogP contribution in [0.3, 0.4) is 0 Å². The Morgan fingerprint density at radius 3 is 2.50 bits per heavy atom. The van der Waals surface area contributed by atoms with Crippen molar-refractivity contribution in [2.75, 3.05) is 7.11 Å². The van der Waals surface area contributed by atoms with Crippen molar-refractivity contribution >= 4 is 0 Å². The molecule has 0 bridgehead atoms. The van der Waals surface area contributed by atoms with E-state index in [0.29, 0.717) is 22.9 Å². The number of hydrogen-bond donors (Lipinski definition) is 1. The normalized spacial score (nSPS) is 45.3. The Morgan fingerprint density at radius 2 is 1.80 bits per heavy atom. The smallest absolute Gasteiger partial charge is 0.0608 e. The first-order chi connectivity index (χ1) is 14.2. The summed E-state index contributed by atoms with van der Waals surface area (Å²) in [7, 11) is 1.89. The summed E-state index contributed by atoms with van der Waals surface area (Å²) >= 11 is 0. The van der Waals surface area contributed by atoms with Gasteiger partial charge in [-0.2, -0.15) is 0 Å². The monoisotopic (exact) mass is 416 g/mol. The third-order valence-electron chi connectivity index (χ3n) is 10.8. The molecule has 0 radical (unpaired) electrons. The molecule has 4 aliphatic rings. The van der Waals surface area contributed by atoms with E-state index in [9.17, 15) is 5.11 Å². The fourth-order valence-electron chi connectivity index (χ4n) is 8.77. The molecular weight excluding hydrogens is 368 g/mol. The van der Waals surface area contributed by atoms with E-state index < -0.39 is 0 Å². The first-order valence-corrected chi connectivity index (χ1v) is 13.1. The van der Waals surface area contributed by atoms with Crippen molar-refractivity contribution in [3.05, 3.63) is 11.6 Å². The van der Waals surface area contributed by atoms with Crippen molar-refractivity contribution in [2.24, 2.45) is 46.3 Å². The zero-order valence-corrected chi connectivity index (χ0v) is 20.6. The molecule has 4 rings (SSSR count). The van der Waals surface area contributed by atoms with E-state index in [4.69, 9.17) is 4.74 Å². The Balaban J connectivity index is 1.48. The number of aliphatic hydroxyl groups excluding tert-OH is 1. The van der Waals surface area contributed by atoms with Crippen LogP contribution in [0, 0.1) is 46.3 Å². The van der Waals surface area contributed by atoms with Gasteiger partial charge in [-0.1, -0.05) is 46.3 Å². The molecule has 1 N–H and O–H groups in total. The molecule has 172 valence electrons. The topological polar surface area (TPSA) is 29.5 Å². The van der Waals surface area contributed by atoms with Gasteiger partial charge in [0.25, 0.3) is 0 Å². The molecule has 30 heavy (non-hydrogen) atoms. The maximum Gasteiger partial charge on any atom is 0.0608 e. The fourth-order valence-corrected chi connectivity index (χ4v) is 8.77. The summed E-state index contributed by atoms with van der Waals surface area (Å²) in [4.78, 5) is 0. The number of rotatable bonds is 6. The first-order valence-electron chi connectivity index (χ1n) is 13.1. The van der Waals surface area contributed by atoms with Crippen LogP contribution in [0.5, 0.6) is 0 Å². The van der Waals surface area contributed by atoms with Crippen LogP contribution < -0.4 is 0 Å². The van der Waals surface area contributed by atoms with E-state index in [2.05, 4.69) is 40.7 Å². The minimum Gasteiger partial charge on any atom is -0.393 e. The molecule has 9 atom stereocenters. The van der Waals surface area contributed by atoms with Gasteiger partial charge in [-0.3, -0.25) is 0 Å². The summed E-state index contributed by atoms with van der Waals surface area (Å²) in [5, 5.41) is 10.3.